The van der Waals surface area contributed by atoms with Crippen molar-refractivity contribution in [2.24, 2.45) is 0 Å². The maximum atomic E-state index is 10.6. The van der Waals surface area contributed by atoms with Crippen LogP contribution in [-0.2, 0) is 6.42 Å². The molecular weight excluding hydrogens is 386 g/mol. The van der Waals surface area contributed by atoms with Crippen molar-refractivity contribution in [3.63, 3.8) is 0 Å². The number of rotatable bonds is 8. The van der Waals surface area contributed by atoms with Gasteiger partial charge in [-0.05, 0) is 31.0 Å². The Bertz CT molecular complexity index is 1130. The van der Waals surface area contributed by atoms with Gasteiger partial charge in [0.2, 0.25) is 0 Å². The number of phenols is 1. The summed E-state index contributed by atoms with van der Waals surface area (Å²) in [7, 11) is 0. The fraction of sp³-hybridized carbons (Fsp3) is 0.154. The van der Waals surface area contributed by atoms with Crippen LogP contribution in [0.25, 0.3) is 22.6 Å². The molecule has 0 amide bonds. The molecule has 0 bridgehead atoms. The van der Waals surface area contributed by atoms with E-state index in [1.165, 1.54) is 5.56 Å². The SMILES string of the molecule is CCOc1ccc(-c2cc(NCCc3ccccc3)nc(-c3ccccc3)n2)c(O)c1. The lowest BCUT2D eigenvalue weighted by Gasteiger charge is -2.12. The van der Waals surface area contributed by atoms with Crippen molar-refractivity contribution in [1.82, 2.24) is 9.97 Å². The normalized spacial score (nSPS) is 10.6. The van der Waals surface area contributed by atoms with Gasteiger partial charge in [0.25, 0.3) is 0 Å². The third kappa shape index (κ3) is 5.20. The first-order valence-corrected chi connectivity index (χ1v) is 10.4. The van der Waals surface area contributed by atoms with Gasteiger partial charge in [-0.1, -0.05) is 60.7 Å². The molecule has 0 radical (unpaired) electrons. The zero-order chi connectivity index (χ0) is 21.5. The molecule has 3 aromatic carbocycles. The van der Waals surface area contributed by atoms with Crippen LogP contribution < -0.4 is 10.1 Å². The Morgan fingerprint density at radius 1 is 0.871 bits per heavy atom. The molecule has 1 aromatic heterocycles. The van der Waals surface area contributed by atoms with Gasteiger partial charge in [-0.3, -0.25) is 0 Å². The number of aromatic nitrogens is 2. The van der Waals surface area contributed by atoms with Crippen molar-refractivity contribution >= 4 is 5.82 Å². The number of nitrogens with one attached hydrogen (secondary N) is 1. The lowest BCUT2D eigenvalue weighted by Crippen LogP contribution is -2.08. The van der Waals surface area contributed by atoms with Crippen molar-refractivity contribution in [3.05, 3.63) is 90.5 Å². The predicted octanol–water partition coefficient (Wildman–Crippen LogP) is 5.57. The molecule has 5 nitrogen and oxygen atoms in total. The van der Waals surface area contributed by atoms with Crippen LogP contribution in [0, 0.1) is 0 Å². The Morgan fingerprint density at radius 2 is 1.61 bits per heavy atom. The van der Waals surface area contributed by atoms with E-state index in [2.05, 4.69) is 17.4 Å². The Labute approximate surface area is 182 Å². The summed E-state index contributed by atoms with van der Waals surface area (Å²) in [6, 6.07) is 27.3. The summed E-state index contributed by atoms with van der Waals surface area (Å²) >= 11 is 0. The standard InChI is InChI=1S/C26H25N3O2/c1-2-31-21-13-14-22(24(30)17-21)23-18-25(27-16-15-19-9-5-3-6-10-19)29-26(28-23)20-11-7-4-8-12-20/h3-14,17-18,30H,2,15-16H2,1H3,(H,27,28,29). The van der Waals surface area contributed by atoms with Crippen molar-refractivity contribution < 1.29 is 9.84 Å². The molecule has 4 aromatic rings. The van der Waals surface area contributed by atoms with Crippen LogP contribution in [0.2, 0.25) is 0 Å². The maximum absolute atomic E-state index is 10.6. The number of anilines is 1. The summed E-state index contributed by atoms with van der Waals surface area (Å²) < 4.78 is 5.48. The summed E-state index contributed by atoms with van der Waals surface area (Å²) in [6.07, 6.45) is 0.884. The van der Waals surface area contributed by atoms with Crippen molar-refractivity contribution in [1.29, 1.82) is 0 Å². The molecule has 4 rings (SSSR count). The third-order valence-electron chi connectivity index (χ3n) is 4.88. The van der Waals surface area contributed by atoms with E-state index in [4.69, 9.17) is 14.7 Å². The van der Waals surface area contributed by atoms with Gasteiger partial charge in [0.15, 0.2) is 5.82 Å². The van der Waals surface area contributed by atoms with E-state index in [0.717, 1.165) is 18.5 Å². The molecule has 2 N–H and O–H groups in total. The number of hydrogen-bond acceptors (Lipinski definition) is 5. The molecule has 0 unspecified atom stereocenters. The van der Waals surface area contributed by atoms with Crippen LogP contribution in [0.3, 0.4) is 0 Å². The van der Waals surface area contributed by atoms with Crippen molar-refractivity contribution in [2.75, 3.05) is 18.5 Å². The Morgan fingerprint density at radius 3 is 2.32 bits per heavy atom. The largest absolute Gasteiger partial charge is 0.507 e. The first-order chi connectivity index (χ1) is 15.2. The quantitative estimate of drug-likeness (QED) is 0.397. The Hall–Kier alpha value is -3.86. The van der Waals surface area contributed by atoms with Crippen LogP contribution in [0.1, 0.15) is 12.5 Å². The van der Waals surface area contributed by atoms with Gasteiger partial charge in [0, 0.05) is 29.8 Å². The van der Waals surface area contributed by atoms with Gasteiger partial charge < -0.3 is 15.2 Å². The molecule has 0 atom stereocenters. The van der Waals surface area contributed by atoms with Crippen molar-refractivity contribution in [3.8, 4) is 34.1 Å². The van der Waals surface area contributed by atoms with E-state index in [9.17, 15) is 5.11 Å². The Balaban J connectivity index is 1.65. The molecule has 31 heavy (non-hydrogen) atoms. The lowest BCUT2D eigenvalue weighted by molar-refractivity contribution is 0.338. The first kappa shape index (κ1) is 20.4. The summed E-state index contributed by atoms with van der Waals surface area (Å²) in [5, 5.41) is 14.0. The molecule has 0 aliphatic heterocycles. The monoisotopic (exact) mass is 411 g/mol. The molecule has 156 valence electrons. The van der Waals surface area contributed by atoms with Gasteiger partial charge >= 0.3 is 0 Å². The molecule has 0 aliphatic rings. The summed E-state index contributed by atoms with van der Waals surface area (Å²) in [5.74, 6) is 2.07. The predicted molar refractivity (Wildman–Crippen MR) is 124 cm³/mol. The van der Waals surface area contributed by atoms with Crippen molar-refractivity contribution in [2.45, 2.75) is 13.3 Å². The topological polar surface area (TPSA) is 67.3 Å². The average molecular weight is 412 g/mol. The highest BCUT2D eigenvalue weighted by Crippen LogP contribution is 2.33. The van der Waals surface area contributed by atoms with Crippen LogP contribution in [0.15, 0.2) is 84.9 Å². The molecule has 0 fully saturated rings. The molecule has 1 heterocycles. The molecular formula is C26H25N3O2. The van der Waals surface area contributed by atoms with E-state index in [0.29, 0.717) is 35.3 Å². The van der Waals surface area contributed by atoms with Crippen LogP contribution in [0.5, 0.6) is 11.5 Å². The smallest absolute Gasteiger partial charge is 0.162 e. The highest BCUT2D eigenvalue weighted by Gasteiger charge is 2.12. The van der Waals surface area contributed by atoms with E-state index in [1.807, 2.05) is 73.7 Å². The zero-order valence-electron chi connectivity index (χ0n) is 17.5. The number of hydrogen-bond donors (Lipinski definition) is 2. The van der Waals surface area contributed by atoms with Gasteiger partial charge in [-0.2, -0.15) is 0 Å². The minimum Gasteiger partial charge on any atom is -0.507 e. The summed E-state index contributed by atoms with van der Waals surface area (Å²) in [4.78, 5) is 9.43. The minimum absolute atomic E-state index is 0.124. The Kier molecular flexibility index (Phi) is 6.43. The number of nitrogens with zero attached hydrogens (tertiary/aromatic N) is 2. The van der Waals surface area contributed by atoms with Gasteiger partial charge in [-0.25, -0.2) is 9.97 Å². The summed E-state index contributed by atoms with van der Waals surface area (Å²) in [6.45, 7) is 3.19. The second kappa shape index (κ2) is 9.76. The van der Waals surface area contributed by atoms with Crippen LogP contribution in [0.4, 0.5) is 5.82 Å². The van der Waals surface area contributed by atoms with Gasteiger partial charge in [-0.15, -0.1) is 0 Å². The number of phenolic OH excluding ortho intramolecular Hbond substituents is 1. The molecule has 0 saturated carbocycles. The van der Waals surface area contributed by atoms with Crippen LogP contribution in [-0.4, -0.2) is 28.2 Å². The van der Waals surface area contributed by atoms with E-state index >= 15 is 0 Å². The van der Waals surface area contributed by atoms with E-state index in [1.54, 1.807) is 6.07 Å². The number of benzene rings is 3. The molecule has 0 saturated heterocycles. The average Bonchev–Trinajstić information content (AvgIpc) is 2.80. The van der Waals surface area contributed by atoms with Gasteiger partial charge in [0.05, 0.1) is 12.3 Å². The highest BCUT2D eigenvalue weighted by molar-refractivity contribution is 5.72. The highest BCUT2D eigenvalue weighted by atomic mass is 16.5. The minimum atomic E-state index is 0.124. The first-order valence-electron chi connectivity index (χ1n) is 10.4. The third-order valence-corrected chi connectivity index (χ3v) is 4.88. The number of aromatic hydroxyl groups is 1. The van der Waals surface area contributed by atoms with Gasteiger partial charge in [0.1, 0.15) is 17.3 Å². The van der Waals surface area contributed by atoms with Crippen LogP contribution >= 0.6 is 0 Å². The molecule has 5 heteroatoms. The summed E-state index contributed by atoms with van der Waals surface area (Å²) in [5.41, 5.74) is 3.46. The fourth-order valence-corrected chi connectivity index (χ4v) is 3.36. The zero-order valence-corrected chi connectivity index (χ0v) is 17.5. The van der Waals surface area contributed by atoms with E-state index < -0.39 is 0 Å². The second-order valence-electron chi connectivity index (χ2n) is 7.10. The second-order valence-corrected chi connectivity index (χ2v) is 7.10. The number of ether oxygens (including phenoxy) is 1. The molecule has 0 aliphatic carbocycles. The molecule has 0 spiro atoms. The fourth-order valence-electron chi connectivity index (χ4n) is 3.36. The van der Waals surface area contributed by atoms with E-state index in [-0.39, 0.29) is 5.75 Å². The lowest BCUT2D eigenvalue weighted by atomic mass is 10.1. The maximum Gasteiger partial charge on any atom is 0.162 e.